The Kier molecular flexibility index (Phi) is 5.54. The van der Waals surface area contributed by atoms with Crippen molar-refractivity contribution in [1.29, 1.82) is 0 Å². The summed E-state index contributed by atoms with van der Waals surface area (Å²) in [4.78, 5) is 17.0. The summed E-state index contributed by atoms with van der Waals surface area (Å²) in [5.41, 5.74) is 0.995. The average molecular weight is 367 g/mol. The largest absolute Gasteiger partial charge is 0.443 e. The zero-order valence-electron chi connectivity index (χ0n) is 16.1. The molecule has 142 valence electrons. The van der Waals surface area contributed by atoms with Crippen molar-refractivity contribution in [2.24, 2.45) is 4.99 Å². The Morgan fingerprint density at radius 3 is 2.56 bits per heavy atom. The molecule has 2 N–H and O–H groups in total. The van der Waals surface area contributed by atoms with Crippen molar-refractivity contribution in [2.75, 3.05) is 7.05 Å². The van der Waals surface area contributed by atoms with Crippen LogP contribution in [-0.4, -0.2) is 32.5 Å². The molecule has 0 atom stereocenters. The molecule has 27 heavy (non-hydrogen) atoms. The molecule has 0 saturated heterocycles. The summed E-state index contributed by atoms with van der Waals surface area (Å²) in [6.45, 7) is 7.36. The summed E-state index contributed by atoms with van der Waals surface area (Å²) in [5, 5.41) is 6.46. The molecule has 0 radical (unpaired) electrons. The zero-order chi connectivity index (χ0) is 19.3. The van der Waals surface area contributed by atoms with Crippen LogP contribution < -0.4 is 10.6 Å². The number of guanidine groups is 1. The molecule has 8 nitrogen and oxygen atoms in total. The third kappa shape index (κ3) is 4.93. The lowest BCUT2D eigenvalue weighted by Gasteiger charge is -2.13. The number of rotatable bonds is 5. The van der Waals surface area contributed by atoms with E-state index in [1.807, 2.05) is 29.1 Å². The van der Waals surface area contributed by atoms with Gasteiger partial charge in [-0.25, -0.2) is 15.0 Å². The third-order valence-electron chi connectivity index (χ3n) is 3.96. The first-order valence-electron chi connectivity index (χ1n) is 8.78. The first kappa shape index (κ1) is 18.6. The second-order valence-electron chi connectivity index (χ2n) is 7.14. The van der Waals surface area contributed by atoms with Crippen molar-refractivity contribution in [3.63, 3.8) is 0 Å². The highest BCUT2D eigenvalue weighted by molar-refractivity contribution is 5.79. The minimum atomic E-state index is -0.0545. The van der Waals surface area contributed by atoms with Crippen LogP contribution in [0.2, 0.25) is 0 Å². The van der Waals surface area contributed by atoms with Crippen LogP contribution in [0.4, 0.5) is 0 Å². The number of hydrogen-bond acceptors (Lipinski definition) is 5. The summed E-state index contributed by atoms with van der Waals surface area (Å²) >= 11 is 0. The first-order chi connectivity index (χ1) is 13.0. The normalized spacial score (nSPS) is 12.2. The van der Waals surface area contributed by atoms with E-state index in [2.05, 4.69) is 51.3 Å². The van der Waals surface area contributed by atoms with Gasteiger partial charge in [0, 0.05) is 37.6 Å². The van der Waals surface area contributed by atoms with E-state index in [4.69, 9.17) is 4.42 Å². The van der Waals surface area contributed by atoms with Crippen LogP contribution in [0.5, 0.6) is 0 Å². The molecule has 0 bridgehead atoms. The zero-order valence-corrected chi connectivity index (χ0v) is 16.1. The van der Waals surface area contributed by atoms with Gasteiger partial charge < -0.3 is 15.1 Å². The number of nitrogens with one attached hydrogen (secondary N) is 2. The van der Waals surface area contributed by atoms with Gasteiger partial charge >= 0.3 is 0 Å². The van der Waals surface area contributed by atoms with Crippen molar-refractivity contribution in [2.45, 2.75) is 39.3 Å². The van der Waals surface area contributed by atoms with Gasteiger partial charge in [-0.2, -0.15) is 0 Å². The summed E-state index contributed by atoms with van der Waals surface area (Å²) in [7, 11) is 1.73. The Morgan fingerprint density at radius 2 is 1.96 bits per heavy atom. The molecular weight excluding hydrogens is 342 g/mol. The van der Waals surface area contributed by atoms with Crippen molar-refractivity contribution in [1.82, 2.24) is 30.2 Å². The van der Waals surface area contributed by atoms with E-state index in [1.54, 1.807) is 25.8 Å². The maximum absolute atomic E-state index is 5.78. The fourth-order valence-electron chi connectivity index (χ4n) is 2.37. The van der Waals surface area contributed by atoms with Crippen LogP contribution >= 0.6 is 0 Å². The van der Waals surface area contributed by atoms with Crippen LogP contribution in [0.15, 0.2) is 52.7 Å². The van der Waals surface area contributed by atoms with Gasteiger partial charge in [-0.05, 0) is 11.6 Å². The molecule has 0 aliphatic rings. The monoisotopic (exact) mass is 367 g/mol. The Labute approximate surface area is 158 Å². The van der Waals surface area contributed by atoms with Gasteiger partial charge in [0.25, 0.3) is 0 Å². The lowest BCUT2D eigenvalue weighted by atomic mass is 9.94. The molecule has 3 aromatic heterocycles. The van der Waals surface area contributed by atoms with Crippen LogP contribution in [0, 0.1) is 0 Å². The van der Waals surface area contributed by atoms with Crippen molar-refractivity contribution in [3.8, 4) is 5.82 Å². The highest BCUT2D eigenvalue weighted by Gasteiger charge is 2.19. The topological polar surface area (TPSA) is 93.2 Å². The molecule has 3 heterocycles. The SMILES string of the molecule is CN=C(NCc1ccc(-n2ccnc2)nc1)NCc1ncc(C(C)(C)C)o1. The molecule has 0 amide bonds. The molecule has 0 saturated carbocycles. The summed E-state index contributed by atoms with van der Waals surface area (Å²) in [6.07, 6.45) is 8.92. The maximum Gasteiger partial charge on any atom is 0.213 e. The first-order valence-corrected chi connectivity index (χ1v) is 8.78. The van der Waals surface area contributed by atoms with E-state index >= 15 is 0 Å². The van der Waals surface area contributed by atoms with Crippen molar-refractivity contribution < 1.29 is 4.42 Å². The predicted molar refractivity (Wildman–Crippen MR) is 104 cm³/mol. The van der Waals surface area contributed by atoms with Gasteiger partial charge in [-0.15, -0.1) is 0 Å². The molecule has 0 fully saturated rings. The summed E-state index contributed by atoms with van der Waals surface area (Å²) in [5.74, 6) is 3.00. The number of pyridine rings is 1. The highest BCUT2D eigenvalue weighted by Crippen LogP contribution is 2.22. The number of aromatic nitrogens is 4. The minimum absolute atomic E-state index is 0.0545. The lowest BCUT2D eigenvalue weighted by molar-refractivity contribution is 0.379. The van der Waals surface area contributed by atoms with E-state index in [0.717, 1.165) is 17.1 Å². The Balaban J connectivity index is 1.51. The second-order valence-corrected chi connectivity index (χ2v) is 7.14. The van der Waals surface area contributed by atoms with Crippen LogP contribution in [0.25, 0.3) is 5.82 Å². The molecule has 3 aromatic rings. The second kappa shape index (κ2) is 8.03. The molecular formula is C19H25N7O. The summed E-state index contributed by atoms with van der Waals surface area (Å²) < 4.78 is 7.64. The number of nitrogens with zero attached hydrogens (tertiary/aromatic N) is 5. The van der Waals surface area contributed by atoms with E-state index in [0.29, 0.717) is 24.9 Å². The fraction of sp³-hybridized carbons (Fsp3) is 0.368. The molecule has 0 spiro atoms. The van der Waals surface area contributed by atoms with Crippen LogP contribution in [-0.2, 0) is 18.5 Å². The molecule has 0 aromatic carbocycles. The van der Waals surface area contributed by atoms with Gasteiger partial charge in [0.15, 0.2) is 5.96 Å². The number of aliphatic imine (C=N–C) groups is 1. The van der Waals surface area contributed by atoms with Gasteiger partial charge in [-0.1, -0.05) is 26.8 Å². The maximum atomic E-state index is 5.78. The minimum Gasteiger partial charge on any atom is -0.443 e. The molecule has 0 aliphatic heterocycles. The number of oxazole rings is 1. The van der Waals surface area contributed by atoms with Crippen LogP contribution in [0.3, 0.4) is 0 Å². The average Bonchev–Trinajstić information content (AvgIpc) is 3.34. The fourth-order valence-corrected chi connectivity index (χ4v) is 2.37. The Hall–Kier alpha value is -3.16. The smallest absolute Gasteiger partial charge is 0.213 e. The molecule has 0 unspecified atom stereocenters. The highest BCUT2D eigenvalue weighted by atomic mass is 16.4. The van der Waals surface area contributed by atoms with E-state index in [9.17, 15) is 0 Å². The molecule has 0 aliphatic carbocycles. The van der Waals surface area contributed by atoms with Gasteiger partial charge in [0.05, 0.1) is 12.7 Å². The van der Waals surface area contributed by atoms with Crippen LogP contribution in [0.1, 0.15) is 38.0 Å². The van der Waals surface area contributed by atoms with Gasteiger partial charge in [0.2, 0.25) is 5.89 Å². The van der Waals surface area contributed by atoms with E-state index in [-0.39, 0.29) is 5.41 Å². The third-order valence-corrected chi connectivity index (χ3v) is 3.96. The predicted octanol–water partition coefficient (Wildman–Crippen LogP) is 2.42. The van der Waals surface area contributed by atoms with Crippen molar-refractivity contribution >= 4 is 5.96 Å². The molecule has 3 rings (SSSR count). The number of hydrogen-bond donors (Lipinski definition) is 2. The quantitative estimate of drug-likeness (QED) is 0.531. The Morgan fingerprint density at radius 1 is 1.15 bits per heavy atom. The standard InChI is InChI=1S/C19H25N7O/c1-19(2,3)15-11-23-17(27-15)12-25-18(20-4)24-10-14-5-6-16(22-9-14)26-8-7-21-13-26/h5-9,11,13H,10,12H2,1-4H3,(H2,20,24,25). The van der Waals surface area contributed by atoms with Gasteiger partial charge in [0.1, 0.15) is 17.9 Å². The molecule has 8 heteroatoms. The Bertz CT molecular complexity index is 874. The van der Waals surface area contributed by atoms with Gasteiger partial charge in [-0.3, -0.25) is 9.56 Å². The summed E-state index contributed by atoms with van der Waals surface area (Å²) in [6, 6.07) is 3.97. The lowest BCUT2D eigenvalue weighted by Crippen LogP contribution is -2.36. The van der Waals surface area contributed by atoms with Crippen molar-refractivity contribution in [3.05, 3.63) is 60.5 Å². The van der Waals surface area contributed by atoms with E-state index < -0.39 is 0 Å². The number of imidazole rings is 1. The van der Waals surface area contributed by atoms with E-state index in [1.165, 1.54) is 0 Å².